The maximum atomic E-state index is 13.6. The second-order valence-electron chi connectivity index (χ2n) is 9.85. The van der Waals surface area contributed by atoms with Gasteiger partial charge < -0.3 is 19.3 Å². The van der Waals surface area contributed by atoms with Crippen LogP contribution >= 0.6 is 12.2 Å². The summed E-state index contributed by atoms with van der Waals surface area (Å²) in [4.78, 5) is 26.8. The van der Waals surface area contributed by atoms with Gasteiger partial charge >= 0.3 is 6.18 Å². The van der Waals surface area contributed by atoms with Gasteiger partial charge in [0.05, 0.1) is 35.9 Å². The fourth-order valence-corrected chi connectivity index (χ4v) is 5.77. The lowest BCUT2D eigenvalue weighted by atomic mass is 9.75. The van der Waals surface area contributed by atoms with Crippen molar-refractivity contribution in [1.82, 2.24) is 14.9 Å². The van der Waals surface area contributed by atoms with Crippen LogP contribution < -0.4 is 14.5 Å². The third-order valence-corrected chi connectivity index (χ3v) is 7.91. The van der Waals surface area contributed by atoms with Crippen LogP contribution in [0.2, 0.25) is 0 Å². The largest absolute Gasteiger partial charge is 0.474 e. The first-order valence-electron chi connectivity index (χ1n) is 12.7. The van der Waals surface area contributed by atoms with Crippen LogP contribution in [0.1, 0.15) is 43.4 Å². The highest BCUT2D eigenvalue weighted by Crippen LogP contribution is 2.48. The van der Waals surface area contributed by atoms with Crippen LogP contribution in [-0.2, 0) is 15.7 Å². The van der Waals surface area contributed by atoms with Crippen molar-refractivity contribution >= 4 is 34.6 Å². The summed E-state index contributed by atoms with van der Waals surface area (Å²) in [5, 5.41) is 9.12. The Morgan fingerprint density at radius 1 is 1.18 bits per heavy atom. The Morgan fingerprint density at radius 2 is 1.90 bits per heavy atom. The highest BCUT2D eigenvalue weighted by molar-refractivity contribution is 7.81. The van der Waals surface area contributed by atoms with Gasteiger partial charge in [-0.15, -0.1) is 0 Å². The molecule has 2 aromatic heterocycles. The summed E-state index contributed by atoms with van der Waals surface area (Å²) >= 11 is 5.64. The van der Waals surface area contributed by atoms with Crippen LogP contribution in [0.15, 0.2) is 30.6 Å². The number of aromatic nitrogens is 2. The summed E-state index contributed by atoms with van der Waals surface area (Å²) in [5.74, 6) is 0.0371. The van der Waals surface area contributed by atoms with Crippen molar-refractivity contribution in [2.75, 3.05) is 43.2 Å². The van der Waals surface area contributed by atoms with E-state index in [1.807, 2.05) is 0 Å². The molecule has 5 rings (SSSR count). The van der Waals surface area contributed by atoms with Gasteiger partial charge in [-0.25, -0.2) is 9.97 Å². The quantitative estimate of drug-likeness (QED) is 0.467. The zero-order valence-electron chi connectivity index (χ0n) is 21.3. The van der Waals surface area contributed by atoms with E-state index < -0.39 is 28.9 Å². The number of carbonyl (C=O) groups excluding carboxylic acids is 1. The molecule has 1 aliphatic carbocycles. The summed E-state index contributed by atoms with van der Waals surface area (Å²) in [6.45, 7) is 3.41. The van der Waals surface area contributed by atoms with Crippen molar-refractivity contribution in [3.8, 4) is 11.9 Å². The fraction of sp³-hybridized carbons (Fsp3) is 0.500. The number of rotatable bonds is 7. The predicted octanol–water partition coefficient (Wildman–Crippen LogP) is 3.92. The Morgan fingerprint density at radius 3 is 2.46 bits per heavy atom. The average Bonchev–Trinajstić information content (AvgIpc) is 3.14. The van der Waals surface area contributed by atoms with E-state index in [9.17, 15) is 18.0 Å². The summed E-state index contributed by atoms with van der Waals surface area (Å²) in [6.07, 6.45) is 1.38. The number of nitrogens with zero attached hydrogens (tertiary/aromatic N) is 6. The number of nitriles is 1. The van der Waals surface area contributed by atoms with Crippen molar-refractivity contribution in [3.05, 3.63) is 41.9 Å². The standard InChI is InChI=1S/C26H27F3N6O3S/c1-37-12-11-33-9-5-19(6-10-33)38-22-4-3-17(15-32-22)35-24(39)34(23(36)25(35)7-2-8-25)18-13-20(26(27,28)29)21(14-30)31-16-18/h3-4,13,15-16,19H,2,5-12H2,1H3. The minimum absolute atomic E-state index is 0.0387. The van der Waals surface area contributed by atoms with Crippen LogP contribution in [0.4, 0.5) is 24.5 Å². The molecule has 2 aromatic rings. The van der Waals surface area contributed by atoms with Gasteiger partial charge in [0.2, 0.25) is 5.88 Å². The van der Waals surface area contributed by atoms with Crippen LogP contribution in [0.5, 0.6) is 5.88 Å². The van der Waals surface area contributed by atoms with Crippen molar-refractivity contribution in [2.45, 2.75) is 49.9 Å². The normalized spacial score (nSPS) is 19.9. The summed E-state index contributed by atoms with van der Waals surface area (Å²) < 4.78 is 52.0. The van der Waals surface area contributed by atoms with E-state index in [4.69, 9.17) is 27.0 Å². The summed E-state index contributed by atoms with van der Waals surface area (Å²) in [5.41, 5.74) is -2.56. The van der Waals surface area contributed by atoms with Gasteiger partial charge in [0.25, 0.3) is 5.91 Å². The van der Waals surface area contributed by atoms with Crippen molar-refractivity contribution < 1.29 is 27.4 Å². The van der Waals surface area contributed by atoms with E-state index in [1.54, 1.807) is 30.3 Å². The van der Waals surface area contributed by atoms with Crippen LogP contribution in [0.3, 0.4) is 0 Å². The van der Waals surface area contributed by atoms with Gasteiger partial charge in [-0.05, 0) is 56.5 Å². The minimum Gasteiger partial charge on any atom is -0.474 e. The molecule has 13 heteroatoms. The lowest BCUT2D eigenvalue weighted by Gasteiger charge is -2.42. The first-order valence-corrected chi connectivity index (χ1v) is 13.1. The molecule has 1 amide bonds. The third kappa shape index (κ3) is 5.04. The van der Waals surface area contributed by atoms with Gasteiger partial charge in [0.15, 0.2) is 10.8 Å². The number of hydrogen-bond donors (Lipinski definition) is 0. The second-order valence-corrected chi connectivity index (χ2v) is 10.2. The number of halogens is 3. The fourth-order valence-electron chi connectivity index (χ4n) is 5.31. The van der Waals surface area contributed by atoms with Gasteiger partial charge in [0, 0.05) is 32.8 Å². The predicted molar refractivity (Wildman–Crippen MR) is 139 cm³/mol. The van der Waals surface area contributed by atoms with E-state index >= 15 is 0 Å². The Bertz CT molecular complexity index is 1290. The zero-order valence-corrected chi connectivity index (χ0v) is 22.1. The number of pyridine rings is 2. The average molecular weight is 561 g/mol. The van der Waals surface area contributed by atoms with Gasteiger partial charge in [-0.2, -0.15) is 18.4 Å². The number of amides is 1. The Hall–Kier alpha value is -3.34. The smallest absolute Gasteiger partial charge is 0.419 e. The highest BCUT2D eigenvalue weighted by atomic mass is 32.1. The molecule has 1 spiro atoms. The maximum absolute atomic E-state index is 13.6. The topological polar surface area (TPSA) is 94.8 Å². The number of alkyl halides is 3. The molecule has 9 nitrogen and oxygen atoms in total. The summed E-state index contributed by atoms with van der Waals surface area (Å²) in [7, 11) is 1.69. The van der Waals surface area contributed by atoms with Crippen LogP contribution in [0, 0.1) is 11.3 Å². The zero-order chi connectivity index (χ0) is 27.8. The molecular weight excluding hydrogens is 533 g/mol. The van der Waals surface area contributed by atoms with E-state index in [1.165, 1.54) is 6.07 Å². The van der Waals surface area contributed by atoms with Crippen molar-refractivity contribution in [3.63, 3.8) is 0 Å². The molecule has 2 aliphatic heterocycles. The van der Waals surface area contributed by atoms with E-state index in [-0.39, 0.29) is 16.9 Å². The van der Waals surface area contributed by atoms with E-state index in [0.29, 0.717) is 31.0 Å². The van der Waals surface area contributed by atoms with Gasteiger partial charge in [-0.3, -0.25) is 9.69 Å². The van der Waals surface area contributed by atoms with Crippen molar-refractivity contribution in [1.29, 1.82) is 5.26 Å². The molecule has 1 saturated carbocycles. The monoisotopic (exact) mass is 560 g/mol. The molecule has 0 bridgehead atoms. The first kappa shape index (κ1) is 27.2. The van der Waals surface area contributed by atoms with Gasteiger partial charge in [0.1, 0.15) is 17.7 Å². The number of likely N-dealkylation sites (tertiary alicyclic amines) is 1. The Labute approximate surface area is 229 Å². The number of piperidine rings is 1. The number of methoxy groups -OCH3 is 1. The molecular formula is C26H27F3N6O3S. The molecule has 0 aromatic carbocycles. The molecule has 3 aliphatic rings. The molecule has 0 unspecified atom stereocenters. The number of ether oxygens (including phenoxy) is 2. The van der Waals surface area contributed by atoms with Crippen molar-refractivity contribution in [2.24, 2.45) is 0 Å². The third-order valence-electron chi connectivity index (χ3n) is 7.55. The Balaban J connectivity index is 1.35. The molecule has 0 radical (unpaired) electrons. The minimum atomic E-state index is -4.81. The molecule has 206 valence electrons. The number of thiocarbonyl (C=S) groups is 1. The maximum Gasteiger partial charge on any atom is 0.419 e. The summed E-state index contributed by atoms with van der Waals surface area (Å²) in [6, 6.07) is 5.69. The highest BCUT2D eigenvalue weighted by Gasteiger charge is 2.60. The molecule has 4 heterocycles. The SMILES string of the molecule is COCCN1CCC(Oc2ccc(N3C(=S)N(c4cnc(C#N)c(C(F)(F)F)c4)C(=O)C34CCC4)cn2)CC1. The molecule has 0 atom stereocenters. The number of carbonyl (C=O) groups is 1. The lowest BCUT2D eigenvalue weighted by molar-refractivity contribution is -0.138. The first-order chi connectivity index (χ1) is 18.7. The van der Waals surface area contributed by atoms with E-state index in [0.717, 1.165) is 56.1 Å². The van der Waals surface area contributed by atoms with Crippen LogP contribution in [-0.4, -0.2) is 70.9 Å². The molecule has 2 saturated heterocycles. The molecule has 3 fully saturated rings. The molecule has 39 heavy (non-hydrogen) atoms. The van der Waals surface area contributed by atoms with E-state index in [2.05, 4.69) is 14.9 Å². The Kier molecular flexibility index (Phi) is 7.45. The second kappa shape index (κ2) is 10.7. The molecule has 0 N–H and O–H groups in total. The number of hydrogen-bond acceptors (Lipinski definition) is 8. The number of anilines is 2. The van der Waals surface area contributed by atoms with Gasteiger partial charge in [-0.1, -0.05) is 0 Å². The van der Waals surface area contributed by atoms with Crippen LogP contribution in [0.25, 0.3) is 0 Å². The lowest BCUT2D eigenvalue weighted by Crippen LogP contribution is -2.55.